The molecule has 2 amide bonds. The average Bonchev–Trinajstić information content (AvgIpc) is 3.03. The fourth-order valence-electron chi connectivity index (χ4n) is 3.52. The highest BCUT2D eigenvalue weighted by Gasteiger charge is 2.40. The Morgan fingerprint density at radius 1 is 0.879 bits per heavy atom. The van der Waals surface area contributed by atoms with E-state index in [0.717, 1.165) is 22.6 Å². The first-order chi connectivity index (χ1) is 15.7. The normalized spacial score (nSPS) is 14.2. The second-order valence-electron chi connectivity index (χ2n) is 7.46. The number of benzene rings is 3. The molecule has 168 valence electrons. The lowest BCUT2D eigenvalue weighted by atomic mass is 10.0. The Bertz CT molecular complexity index is 1250. The number of anilines is 2. The molecular weight excluding hydrogens is 433 g/mol. The molecule has 8 heteroatoms. The number of rotatable bonds is 5. The van der Waals surface area contributed by atoms with Crippen molar-refractivity contribution in [3.05, 3.63) is 95.2 Å². The molecule has 0 fully saturated rings. The maximum atomic E-state index is 13.4. The van der Waals surface area contributed by atoms with Crippen LogP contribution in [0.2, 0.25) is 0 Å². The number of imide groups is 1. The Balaban J connectivity index is 1.80. The number of hydrogen-bond donors (Lipinski definition) is 1. The molecule has 0 radical (unpaired) electrons. The van der Waals surface area contributed by atoms with Gasteiger partial charge in [-0.05, 0) is 55.0 Å². The van der Waals surface area contributed by atoms with Crippen molar-refractivity contribution in [1.82, 2.24) is 0 Å². The molecule has 0 atom stereocenters. The Kier molecular flexibility index (Phi) is 5.68. The number of nitrogens with zero attached hydrogens (tertiary/aromatic N) is 1. The predicted octanol–water partition coefficient (Wildman–Crippen LogP) is 5.42. The number of alkyl halides is 3. The van der Waals surface area contributed by atoms with Crippen LogP contribution in [-0.4, -0.2) is 18.9 Å². The van der Waals surface area contributed by atoms with E-state index in [1.54, 1.807) is 48.5 Å². The Labute approximate surface area is 188 Å². The van der Waals surface area contributed by atoms with Gasteiger partial charge in [0.1, 0.15) is 11.4 Å². The first-order valence-corrected chi connectivity index (χ1v) is 9.97. The second kappa shape index (κ2) is 8.46. The van der Waals surface area contributed by atoms with Gasteiger partial charge in [-0.1, -0.05) is 35.9 Å². The van der Waals surface area contributed by atoms with Crippen molar-refractivity contribution in [2.75, 3.05) is 17.3 Å². The van der Waals surface area contributed by atoms with Gasteiger partial charge in [0.05, 0.1) is 23.9 Å². The van der Waals surface area contributed by atoms with Gasteiger partial charge in [0.2, 0.25) is 0 Å². The van der Waals surface area contributed by atoms with Crippen LogP contribution in [0, 0.1) is 6.92 Å². The van der Waals surface area contributed by atoms with Crippen LogP contribution in [0.15, 0.2) is 78.5 Å². The average molecular weight is 452 g/mol. The van der Waals surface area contributed by atoms with Gasteiger partial charge in [-0.25, -0.2) is 4.90 Å². The van der Waals surface area contributed by atoms with Crippen molar-refractivity contribution in [2.45, 2.75) is 13.1 Å². The van der Waals surface area contributed by atoms with Crippen LogP contribution >= 0.6 is 0 Å². The van der Waals surface area contributed by atoms with E-state index in [1.807, 2.05) is 6.92 Å². The number of nitrogens with one attached hydrogen (secondary N) is 1. The van der Waals surface area contributed by atoms with Crippen LogP contribution in [0.3, 0.4) is 0 Å². The van der Waals surface area contributed by atoms with Gasteiger partial charge in [0.25, 0.3) is 11.8 Å². The zero-order valence-corrected chi connectivity index (χ0v) is 17.7. The number of carbonyl (C=O) groups excluding carboxylic acids is 2. The molecule has 5 nitrogen and oxygen atoms in total. The van der Waals surface area contributed by atoms with Crippen molar-refractivity contribution in [3.8, 4) is 5.75 Å². The minimum atomic E-state index is -4.55. The summed E-state index contributed by atoms with van der Waals surface area (Å²) in [4.78, 5) is 27.7. The number of amides is 2. The van der Waals surface area contributed by atoms with Gasteiger partial charge >= 0.3 is 6.18 Å². The summed E-state index contributed by atoms with van der Waals surface area (Å²) in [7, 11) is 1.50. The minimum Gasteiger partial charge on any atom is -0.497 e. The van der Waals surface area contributed by atoms with Crippen molar-refractivity contribution in [3.63, 3.8) is 0 Å². The lowest BCUT2D eigenvalue weighted by molar-refractivity contribution is -0.137. The van der Waals surface area contributed by atoms with E-state index in [-0.39, 0.29) is 17.0 Å². The Hall–Kier alpha value is -4.07. The predicted molar refractivity (Wildman–Crippen MR) is 119 cm³/mol. The third-order valence-electron chi connectivity index (χ3n) is 5.21. The van der Waals surface area contributed by atoms with E-state index < -0.39 is 23.6 Å². The molecule has 3 aromatic carbocycles. The van der Waals surface area contributed by atoms with Crippen LogP contribution in [0.5, 0.6) is 5.75 Å². The molecule has 0 unspecified atom stereocenters. The molecule has 1 aliphatic heterocycles. The summed E-state index contributed by atoms with van der Waals surface area (Å²) in [5, 5.41) is 2.76. The fourth-order valence-corrected chi connectivity index (χ4v) is 3.52. The zero-order chi connectivity index (χ0) is 23.8. The van der Waals surface area contributed by atoms with Crippen molar-refractivity contribution in [1.29, 1.82) is 0 Å². The van der Waals surface area contributed by atoms with E-state index in [9.17, 15) is 22.8 Å². The number of hydrogen-bond acceptors (Lipinski definition) is 4. The van der Waals surface area contributed by atoms with E-state index >= 15 is 0 Å². The Morgan fingerprint density at radius 3 is 2.15 bits per heavy atom. The summed E-state index contributed by atoms with van der Waals surface area (Å²) in [5.41, 5.74) is 0.860. The molecule has 0 aliphatic carbocycles. The van der Waals surface area contributed by atoms with Crippen LogP contribution < -0.4 is 15.0 Å². The van der Waals surface area contributed by atoms with E-state index in [1.165, 1.54) is 19.2 Å². The molecule has 1 aliphatic rings. The molecule has 0 bridgehead atoms. The van der Waals surface area contributed by atoms with Gasteiger partial charge in [-0.2, -0.15) is 13.2 Å². The zero-order valence-electron chi connectivity index (χ0n) is 17.7. The second-order valence-corrected chi connectivity index (χ2v) is 7.46. The summed E-state index contributed by atoms with van der Waals surface area (Å²) in [6.07, 6.45) is -4.55. The lowest BCUT2D eigenvalue weighted by Gasteiger charge is -2.16. The maximum absolute atomic E-state index is 13.4. The topological polar surface area (TPSA) is 58.6 Å². The number of halogens is 3. The molecule has 0 saturated carbocycles. The molecule has 0 saturated heterocycles. The highest BCUT2D eigenvalue weighted by Crippen LogP contribution is 2.36. The summed E-state index contributed by atoms with van der Waals surface area (Å²) in [6.45, 7) is 1.87. The maximum Gasteiger partial charge on any atom is 0.416 e. The van der Waals surface area contributed by atoms with Crippen LogP contribution in [0.1, 0.15) is 16.7 Å². The third-order valence-corrected chi connectivity index (χ3v) is 5.21. The van der Waals surface area contributed by atoms with Crippen LogP contribution in [0.4, 0.5) is 24.5 Å². The standard InChI is InChI=1S/C25H19F3N2O3/c1-15-6-10-19(11-7-15)30-23(31)21(16-8-12-20(33-2)13-9-16)22(24(30)32)29-18-5-3-4-17(14-18)25(26,27)28/h3-14,29H,1-2H3. The van der Waals surface area contributed by atoms with Crippen molar-refractivity contribution in [2.24, 2.45) is 0 Å². The first-order valence-electron chi connectivity index (χ1n) is 9.97. The summed E-state index contributed by atoms with van der Waals surface area (Å²) >= 11 is 0. The summed E-state index contributed by atoms with van der Waals surface area (Å²) < 4.78 is 44.7. The molecule has 0 aromatic heterocycles. The van der Waals surface area contributed by atoms with Gasteiger partial charge in [0, 0.05) is 5.69 Å². The number of carbonyl (C=O) groups is 2. The number of aryl methyl sites for hydroxylation is 1. The lowest BCUT2D eigenvalue weighted by Crippen LogP contribution is -2.32. The van der Waals surface area contributed by atoms with E-state index in [0.29, 0.717) is 17.0 Å². The largest absolute Gasteiger partial charge is 0.497 e. The summed E-state index contributed by atoms with van der Waals surface area (Å²) in [5.74, 6) is -0.686. The van der Waals surface area contributed by atoms with E-state index in [4.69, 9.17) is 4.74 Å². The molecule has 0 spiro atoms. The number of methoxy groups -OCH3 is 1. The van der Waals surface area contributed by atoms with Gasteiger partial charge in [-0.3, -0.25) is 9.59 Å². The molecule has 33 heavy (non-hydrogen) atoms. The minimum absolute atomic E-state index is 0.0396. The highest BCUT2D eigenvalue weighted by atomic mass is 19.4. The van der Waals surface area contributed by atoms with Crippen LogP contribution in [0.25, 0.3) is 5.57 Å². The quantitative estimate of drug-likeness (QED) is 0.526. The Morgan fingerprint density at radius 2 is 1.55 bits per heavy atom. The monoisotopic (exact) mass is 452 g/mol. The van der Waals surface area contributed by atoms with Gasteiger partial charge < -0.3 is 10.1 Å². The molecule has 3 aromatic rings. The van der Waals surface area contributed by atoms with Gasteiger partial charge in [-0.15, -0.1) is 0 Å². The first kappa shape index (κ1) is 22.1. The smallest absolute Gasteiger partial charge is 0.416 e. The van der Waals surface area contributed by atoms with Crippen molar-refractivity contribution >= 4 is 28.8 Å². The van der Waals surface area contributed by atoms with Gasteiger partial charge in [0.15, 0.2) is 0 Å². The fraction of sp³-hybridized carbons (Fsp3) is 0.120. The summed E-state index contributed by atoms with van der Waals surface area (Å²) in [6, 6.07) is 17.8. The highest BCUT2D eigenvalue weighted by molar-refractivity contribution is 6.46. The SMILES string of the molecule is COc1ccc(C2=C(Nc3cccc(C(F)(F)F)c3)C(=O)N(c3ccc(C)cc3)C2=O)cc1. The third kappa shape index (κ3) is 4.32. The van der Waals surface area contributed by atoms with Crippen molar-refractivity contribution < 1.29 is 27.5 Å². The van der Waals surface area contributed by atoms with Crippen LogP contribution in [-0.2, 0) is 15.8 Å². The molecule has 1 heterocycles. The molecule has 1 N–H and O–H groups in total. The number of ether oxygens (including phenoxy) is 1. The van der Waals surface area contributed by atoms with E-state index in [2.05, 4.69) is 5.32 Å². The molecular formula is C25H19F3N2O3. The molecule has 4 rings (SSSR count).